The minimum absolute atomic E-state index is 0.243. The van der Waals surface area contributed by atoms with Gasteiger partial charge < -0.3 is 10.2 Å². The molecular weight excluding hydrogens is 284 g/mol. The van der Waals surface area contributed by atoms with Gasteiger partial charge in [0.2, 0.25) is 0 Å². The Morgan fingerprint density at radius 1 is 1.20 bits per heavy atom. The molecule has 1 aliphatic rings. The summed E-state index contributed by atoms with van der Waals surface area (Å²) in [5, 5.41) is 26.1. The predicted octanol–water partition coefficient (Wildman–Crippen LogP) is 2.04. The molecule has 0 spiro atoms. The molecule has 0 amide bonds. The van der Waals surface area contributed by atoms with Crippen molar-refractivity contribution in [3.05, 3.63) is 34.9 Å². The van der Waals surface area contributed by atoms with Crippen LogP contribution in [0.1, 0.15) is 18.4 Å². The van der Waals surface area contributed by atoms with Crippen LogP contribution in [-0.4, -0.2) is 33.6 Å². The van der Waals surface area contributed by atoms with Gasteiger partial charge in [-0.3, -0.25) is 4.79 Å². The lowest BCUT2D eigenvalue weighted by molar-refractivity contribution is -0.139. The number of aliphatic carboxylic acids is 2. The van der Waals surface area contributed by atoms with Crippen LogP contribution in [0.2, 0.25) is 5.02 Å². The van der Waals surface area contributed by atoms with Crippen molar-refractivity contribution >= 4 is 35.0 Å². The zero-order valence-electron chi connectivity index (χ0n) is 10.4. The minimum atomic E-state index is -1.31. The van der Waals surface area contributed by atoms with Gasteiger partial charge in [0.15, 0.2) is 5.71 Å². The fourth-order valence-electron chi connectivity index (χ4n) is 2.21. The summed E-state index contributed by atoms with van der Waals surface area (Å²) in [7, 11) is 0. The Labute approximate surface area is 119 Å². The van der Waals surface area contributed by atoms with E-state index in [1.54, 1.807) is 24.3 Å². The largest absolute Gasteiger partial charge is 0.481 e. The molecule has 104 valence electrons. The zero-order chi connectivity index (χ0) is 14.9. The fraction of sp³-hybridized carbons (Fsp3) is 0.231. The number of carboxylic acids is 2. The van der Waals surface area contributed by atoms with Crippen LogP contribution < -0.4 is 0 Å². The van der Waals surface area contributed by atoms with E-state index in [9.17, 15) is 19.8 Å². The van der Waals surface area contributed by atoms with Gasteiger partial charge in [-0.25, -0.2) is 4.79 Å². The van der Waals surface area contributed by atoms with E-state index in [0.717, 1.165) is 0 Å². The van der Waals surface area contributed by atoms with Crippen LogP contribution in [0, 0.1) is 5.92 Å². The number of hydrogen-bond acceptors (Lipinski definition) is 4. The molecule has 0 fully saturated rings. The standard InChI is InChI=1S/C13H11ClN2O4/c1-6-9(12(17)18)10(11(13(19)20)16-15-6)7-4-2-3-5-8(7)14/h2-5,9-10H,1H3,(H,17,18)(H,19,20). The number of rotatable bonds is 3. The molecule has 20 heavy (non-hydrogen) atoms. The Bertz CT molecular complexity index is 639. The highest BCUT2D eigenvalue weighted by atomic mass is 35.5. The second-order valence-electron chi connectivity index (χ2n) is 4.35. The van der Waals surface area contributed by atoms with E-state index < -0.39 is 23.8 Å². The molecule has 1 heterocycles. The third-order valence-electron chi connectivity index (χ3n) is 3.12. The molecule has 2 atom stereocenters. The molecule has 7 heteroatoms. The summed E-state index contributed by atoms with van der Waals surface area (Å²) in [6.45, 7) is 1.50. The molecule has 0 aliphatic carbocycles. The van der Waals surface area contributed by atoms with Gasteiger partial charge >= 0.3 is 11.9 Å². The van der Waals surface area contributed by atoms with Crippen molar-refractivity contribution in [3.63, 3.8) is 0 Å². The smallest absolute Gasteiger partial charge is 0.352 e. The van der Waals surface area contributed by atoms with Crippen molar-refractivity contribution in [1.82, 2.24) is 0 Å². The maximum absolute atomic E-state index is 11.5. The van der Waals surface area contributed by atoms with E-state index in [-0.39, 0.29) is 11.4 Å². The molecule has 2 unspecified atom stereocenters. The summed E-state index contributed by atoms with van der Waals surface area (Å²) in [5.41, 5.74) is 0.334. The third kappa shape index (κ3) is 2.42. The molecule has 0 bridgehead atoms. The minimum Gasteiger partial charge on any atom is -0.481 e. The number of halogens is 1. The molecule has 0 saturated carbocycles. The van der Waals surface area contributed by atoms with Crippen molar-refractivity contribution < 1.29 is 19.8 Å². The van der Waals surface area contributed by atoms with Crippen molar-refractivity contribution in [2.75, 3.05) is 0 Å². The normalized spacial score (nSPS) is 21.9. The quantitative estimate of drug-likeness (QED) is 0.891. The lowest BCUT2D eigenvalue weighted by Crippen LogP contribution is -2.38. The molecular formula is C13H11ClN2O4. The van der Waals surface area contributed by atoms with E-state index in [1.165, 1.54) is 6.92 Å². The van der Waals surface area contributed by atoms with Gasteiger partial charge in [-0.15, -0.1) is 5.10 Å². The first-order valence-corrected chi connectivity index (χ1v) is 6.14. The molecule has 0 radical (unpaired) electrons. The van der Waals surface area contributed by atoms with Gasteiger partial charge in [-0.1, -0.05) is 29.8 Å². The highest BCUT2D eigenvalue weighted by Crippen LogP contribution is 2.35. The van der Waals surface area contributed by atoms with E-state index in [2.05, 4.69) is 10.2 Å². The average Bonchev–Trinajstić information content (AvgIpc) is 2.38. The molecule has 2 N–H and O–H groups in total. The molecule has 1 aromatic carbocycles. The summed E-state index contributed by atoms with van der Waals surface area (Å²) < 4.78 is 0. The second-order valence-corrected chi connectivity index (χ2v) is 4.75. The van der Waals surface area contributed by atoms with E-state index in [0.29, 0.717) is 10.6 Å². The van der Waals surface area contributed by atoms with Gasteiger partial charge in [-0.05, 0) is 18.6 Å². The highest BCUT2D eigenvalue weighted by Gasteiger charge is 2.41. The monoisotopic (exact) mass is 294 g/mol. The maximum atomic E-state index is 11.5. The molecule has 6 nitrogen and oxygen atoms in total. The molecule has 0 aromatic heterocycles. The SMILES string of the molecule is CC1=NN=C(C(=O)O)C(c2ccccc2Cl)C1C(=O)O. The van der Waals surface area contributed by atoms with Gasteiger partial charge in [0.25, 0.3) is 0 Å². The summed E-state index contributed by atoms with van der Waals surface area (Å²) in [4.78, 5) is 22.7. The molecule has 1 aliphatic heterocycles. The Morgan fingerprint density at radius 3 is 2.40 bits per heavy atom. The summed E-state index contributed by atoms with van der Waals surface area (Å²) >= 11 is 6.06. The average molecular weight is 295 g/mol. The van der Waals surface area contributed by atoms with Crippen LogP contribution in [0.5, 0.6) is 0 Å². The number of carboxylic acid groups (broad SMARTS) is 2. The van der Waals surface area contributed by atoms with Crippen molar-refractivity contribution in [2.45, 2.75) is 12.8 Å². The van der Waals surface area contributed by atoms with Crippen molar-refractivity contribution in [3.8, 4) is 0 Å². The van der Waals surface area contributed by atoms with Crippen LogP contribution in [0.15, 0.2) is 34.5 Å². The highest BCUT2D eigenvalue weighted by molar-refractivity contribution is 6.40. The Hall–Kier alpha value is -2.21. The van der Waals surface area contributed by atoms with Crippen LogP contribution in [0.25, 0.3) is 0 Å². The number of nitrogens with zero attached hydrogens (tertiary/aromatic N) is 2. The third-order valence-corrected chi connectivity index (χ3v) is 3.46. The van der Waals surface area contributed by atoms with Crippen LogP contribution in [-0.2, 0) is 9.59 Å². The first-order valence-electron chi connectivity index (χ1n) is 5.76. The van der Waals surface area contributed by atoms with Gasteiger partial charge in [0, 0.05) is 5.02 Å². The fourth-order valence-corrected chi connectivity index (χ4v) is 2.46. The lowest BCUT2D eigenvalue weighted by Gasteiger charge is -2.26. The Morgan fingerprint density at radius 2 is 1.85 bits per heavy atom. The summed E-state index contributed by atoms with van der Waals surface area (Å²) in [6, 6.07) is 6.53. The predicted molar refractivity (Wildman–Crippen MR) is 73.5 cm³/mol. The van der Waals surface area contributed by atoms with Crippen molar-refractivity contribution in [2.24, 2.45) is 16.1 Å². The van der Waals surface area contributed by atoms with Gasteiger partial charge in [0.1, 0.15) is 5.92 Å². The first kappa shape index (κ1) is 14.2. The van der Waals surface area contributed by atoms with E-state index in [4.69, 9.17) is 11.6 Å². The molecule has 2 rings (SSSR count). The summed E-state index contributed by atoms with van der Waals surface area (Å²) in [6.07, 6.45) is 0. The zero-order valence-corrected chi connectivity index (χ0v) is 11.2. The van der Waals surface area contributed by atoms with Crippen molar-refractivity contribution in [1.29, 1.82) is 0 Å². The maximum Gasteiger partial charge on any atom is 0.352 e. The first-order chi connectivity index (χ1) is 9.43. The lowest BCUT2D eigenvalue weighted by atomic mass is 9.79. The second kappa shape index (κ2) is 5.42. The molecule has 1 aromatic rings. The van der Waals surface area contributed by atoms with E-state index in [1.807, 2.05) is 0 Å². The van der Waals surface area contributed by atoms with E-state index >= 15 is 0 Å². The van der Waals surface area contributed by atoms with Crippen LogP contribution in [0.4, 0.5) is 0 Å². The molecule has 0 saturated heterocycles. The number of benzene rings is 1. The van der Waals surface area contributed by atoms with Gasteiger partial charge in [0.05, 0.1) is 11.6 Å². The summed E-state index contributed by atoms with van der Waals surface area (Å²) in [5.74, 6) is -4.53. The van der Waals surface area contributed by atoms with Crippen LogP contribution >= 0.6 is 11.6 Å². The van der Waals surface area contributed by atoms with Gasteiger partial charge in [-0.2, -0.15) is 5.10 Å². The number of carbonyl (C=O) groups is 2. The Kier molecular flexibility index (Phi) is 3.85. The number of hydrogen-bond donors (Lipinski definition) is 2. The van der Waals surface area contributed by atoms with Crippen LogP contribution in [0.3, 0.4) is 0 Å². The Balaban J connectivity index is 2.63. The topological polar surface area (TPSA) is 99.3 Å².